The largest absolute Gasteiger partial charge is 0.332 e. The molecular formula is C14H13ClN4O2. The molecule has 21 heavy (non-hydrogen) atoms. The van der Waals surface area contributed by atoms with Gasteiger partial charge in [0.25, 0.3) is 5.56 Å². The second-order valence-electron chi connectivity index (χ2n) is 4.84. The van der Waals surface area contributed by atoms with Crippen LogP contribution in [0.25, 0.3) is 11.2 Å². The van der Waals surface area contributed by atoms with Gasteiger partial charge in [-0.1, -0.05) is 29.8 Å². The number of rotatable bonds is 2. The quantitative estimate of drug-likeness (QED) is 0.713. The van der Waals surface area contributed by atoms with Gasteiger partial charge in [0.15, 0.2) is 5.52 Å². The molecule has 108 valence electrons. The zero-order valence-corrected chi connectivity index (χ0v) is 12.3. The first-order valence-corrected chi connectivity index (χ1v) is 6.72. The van der Waals surface area contributed by atoms with Crippen molar-refractivity contribution in [2.24, 2.45) is 14.1 Å². The summed E-state index contributed by atoms with van der Waals surface area (Å²) in [5, 5.41) is 0.633. The number of benzene rings is 1. The molecule has 2 aromatic heterocycles. The maximum atomic E-state index is 12.1. The second-order valence-corrected chi connectivity index (χ2v) is 5.25. The van der Waals surface area contributed by atoms with Crippen molar-refractivity contribution in [3.63, 3.8) is 0 Å². The Morgan fingerprint density at radius 2 is 1.86 bits per heavy atom. The van der Waals surface area contributed by atoms with Gasteiger partial charge in [-0.2, -0.15) is 0 Å². The molecule has 0 bridgehead atoms. The molecule has 0 radical (unpaired) electrons. The number of hydrogen-bond acceptors (Lipinski definition) is 3. The summed E-state index contributed by atoms with van der Waals surface area (Å²) in [6, 6.07) is 7.43. The fraction of sp³-hybridized carbons (Fsp3) is 0.214. The Hall–Kier alpha value is -2.34. The first kappa shape index (κ1) is 13.6. The van der Waals surface area contributed by atoms with Crippen LogP contribution < -0.4 is 11.2 Å². The molecule has 0 unspecified atom stereocenters. The van der Waals surface area contributed by atoms with Gasteiger partial charge in [-0.05, 0) is 11.6 Å². The van der Waals surface area contributed by atoms with Crippen molar-refractivity contribution < 1.29 is 0 Å². The van der Waals surface area contributed by atoms with Gasteiger partial charge in [0.05, 0.1) is 12.9 Å². The molecule has 7 heteroatoms. The number of aromatic nitrogens is 4. The summed E-state index contributed by atoms with van der Waals surface area (Å²) in [5.41, 5.74) is 0.876. The van der Waals surface area contributed by atoms with E-state index in [9.17, 15) is 9.59 Å². The lowest BCUT2D eigenvalue weighted by atomic mass is 10.2. The SMILES string of the molecule is Cn1c(=O)c2ncn(Cc3ccccc3Cl)c2n(C)c1=O. The highest BCUT2D eigenvalue weighted by Gasteiger charge is 2.14. The number of hydrogen-bond donors (Lipinski definition) is 0. The van der Waals surface area contributed by atoms with Gasteiger partial charge in [0.2, 0.25) is 0 Å². The topological polar surface area (TPSA) is 61.8 Å². The number of aryl methyl sites for hydroxylation is 1. The van der Waals surface area contributed by atoms with Gasteiger partial charge in [-0.25, -0.2) is 9.78 Å². The van der Waals surface area contributed by atoms with Crippen molar-refractivity contribution in [3.05, 3.63) is 62.0 Å². The van der Waals surface area contributed by atoms with Crippen LogP contribution >= 0.6 is 11.6 Å². The average molecular weight is 305 g/mol. The van der Waals surface area contributed by atoms with Gasteiger partial charge < -0.3 is 4.57 Å². The minimum Gasteiger partial charge on any atom is -0.312 e. The molecule has 0 atom stereocenters. The molecule has 1 aromatic carbocycles. The Balaban J connectivity index is 2.24. The third kappa shape index (κ3) is 2.08. The van der Waals surface area contributed by atoms with Crippen LogP contribution in [0.5, 0.6) is 0 Å². The summed E-state index contributed by atoms with van der Waals surface area (Å²) in [4.78, 5) is 28.2. The molecule has 3 aromatic rings. The second kappa shape index (κ2) is 4.89. The molecule has 6 nitrogen and oxygen atoms in total. The Labute approximate surface area is 124 Å². The van der Waals surface area contributed by atoms with E-state index in [1.165, 1.54) is 11.6 Å². The summed E-state index contributed by atoms with van der Waals surface area (Å²) in [6.07, 6.45) is 1.55. The normalized spacial score (nSPS) is 11.2. The van der Waals surface area contributed by atoms with Gasteiger partial charge in [0, 0.05) is 19.1 Å². The van der Waals surface area contributed by atoms with Crippen molar-refractivity contribution in [2.45, 2.75) is 6.54 Å². The summed E-state index contributed by atoms with van der Waals surface area (Å²) in [7, 11) is 3.06. The average Bonchev–Trinajstić information content (AvgIpc) is 2.89. The summed E-state index contributed by atoms with van der Waals surface area (Å²) in [6.45, 7) is 0.441. The fourth-order valence-corrected chi connectivity index (χ4v) is 2.56. The maximum Gasteiger partial charge on any atom is 0.332 e. The van der Waals surface area contributed by atoms with E-state index in [1.54, 1.807) is 24.0 Å². The van der Waals surface area contributed by atoms with E-state index in [4.69, 9.17) is 11.6 Å². The van der Waals surface area contributed by atoms with E-state index in [1.807, 2.05) is 18.2 Å². The highest BCUT2D eigenvalue weighted by Crippen LogP contribution is 2.17. The molecule has 0 amide bonds. The number of fused-ring (bicyclic) bond motifs is 1. The van der Waals surface area contributed by atoms with Crippen molar-refractivity contribution in [3.8, 4) is 0 Å². The predicted octanol–water partition coefficient (Wildman–Crippen LogP) is 1.14. The van der Waals surface area contributed by atoms with Crippen LogP contribution in [0.1, 0.15) is 5.56 Å². The lowest BCUT2D eigenvalue weighted by Gasteiger charge is -2.09. The molecule has 0 spiro atoms. The predicted molar refractivity (Wildman–Crippen MR) is 80.8 cm³/mol. The molecule has 2 heterocycles. The van der Waals surface area contributed by atoms with Gasteiger partial charge in [0.1, 0.15) is 5.65 Å². The molecule has 0 aliphatic heterocycles. The molecule has 0 aliphatic rings. The molecule has 0 aliphatic carbocycles. The third-order valence-corrected chi connectivity index (χ3v) is 3.88. The van der Waals surface area contributed by atoms with Crippen molar-refractivity contribution >= 4 is 22.8 Å². The van der Waals surface area contributed by atoms with E-state index < -0.39 is 5.56 Å². The van der Waals surface area contributed by atoms with Gasteiger partial charge >= 0.3 is 5.69 Å². The zero-order chi connectivity index (χ0) is 15.1. The molecule has 0 fully saturated rings. The van der Waals surface area contributed by atoms with Crippen molar-refractivity contribution in [1.29, 1.82) is 0 Å². The van der Waals surface area contributed by atoms with Crippen LogP contribution in [-0.4, -0.2) is 18.7 Å². The van der Waals surface area contributed by atoms with Crippen molar-refractivity contribution in [1.82, 2.24) is 18.7 Å². The van der Waals surface area contributed by atoms with Crippen LogP contribution in [0.3, 0.4) is 0 Å². The maximum absolute atomic E-state index is 12.1. The van der Waals surface area contributed by atoms with Gasteiger partial charge in [-0.15, -0.1) is 0 Å². The Bertz CT molecular complexity index is 952. The summed E-state index contributed by atoms with van der Waals surface area (Å²) < 4.78 is 4.22. The zero-order valence-electron chi connectivity index (χ0n) is 11.6. The van der Waals surface area contributed by atoms with Crippen LogP contribution in [0.4, 0.5) is 0 Å². The van der Waals surface area contributed by atoms with E-state index in [0.717, 1.165) is 10.1 Å². The van der Waals surface area contributed by atoms with Crippen LogP contribution in [0, 0.1) is 0 Å². The lowest BCUT2D eigenvalue weighted by Crippen LogP contribution is -2.37. The third-order valence-electron chi connectivity index (χ3n) is 3.51. The highest BCUT2D eigenvalue weighted by molar-refractivity contribution is 6.31. The minimum absolute atomic E-state index is 0.270. The van der Waals surface area contributed by atoms with Crippen molar-refractivity contribution in [2.75, 3.05) is 0 Å². The number of imidazole rings is 1. The summed E-state index contributed by atoms with van der Waals surface area (Å²) in [5.74, 6) is 0. The summed E-state index contributed by atoms with van der Waals surface area (Å²) >= 11 is 6.15. The molecule has 0 saturated heterocycles. The monoisotopic (exact) mass is 304 g/mol. The Kier molecular flexibility index (Phi) is 3.17. The van der Waals surface area contributed by atoms with E-state index in [-0.39, 0.29) is 11.2 Å². The number of nitrogens with zero attached hydrogens (tertiary/aromatic N) is 4. The first-order chi connectivity index (χ1) is 10.0. The molecule has 0 N–H and O–H groups in total. The minimum atomic E-state index is -0.397. The van der Waals surface area contributed by atoms with E-state index in [0.29, 0.717) is 17.2 Å². The lowest BCUT2D eigenvalue weighted by molar-refractivity contribution is 0.688. The van der Waals surface area contributed by atoms with Crippen LogP contribution in [-0.2, 0) is 20.6 Å². The van der Waals surface area contributed by atoms with Gasteiger partial charge in [-0.3, -0.25) is 13.9 Å². The fourth-order valence-electron chi connectivity index (χ4n) is 2.37. The highest BCUT2D eigenvalue weighted by atomic mass is 35.5. The van der Waals surface area contributed by atoms with Crippen LogP contribution in [0.2, 0.25) is 5.02 Å². The standard InChI is InChI=1S/C14H13ClN4O2/c1-17-12-11(13(20)18(2)14(17)21)16-8-19(12)7-9-5-3-4-6-10(9)15/h3-6,8H,7H2,1-2H3. The molecule has 0 saturated carbocycles. The number of halogens is 1. The van der Waals surface area contributed by atoms with E-state index in [2.05, 4.69) is 4.98 Å². The smallest absolute Gasteiger partial charge is 0.312 e. The first-order valence-electron chi connectivity index (χ1n) is 6.35. The Morgan fingerprint density at radius 1 is 1.14 bits per heavy atom. The van der Waals surface area contributed by atoms with Crippen LogP contribution in [0.15, 0.2) is 40.2 Å². The van der Waals surface area contributed by atoms with E-state index >= 15 is 0 Å². The molecule has 3 rings (SSSR count). The molecular weight excluding hydrogens is 292 g/mol. The Morgan fingerprint density at radius 3 is 2.57 bits per heavy atom.